The molecule has 0 spiro atoms. The number of nitrogens with one attached hydrogen (secondary N) is 1. The van der Waals surface area contributed by atoms with Crippen molar-refractivity contribution >= 4 is 17.7 Å². The highest BCUT2D eigenvalue weighted by Gasteiger charge is 2.46. The molecule has 30 heavy (non-hydrogen) atoms. The van der Waals surface area contributed by atoms with Crippen LogP contribution in [0.3, 0.4) is 0 Å². The standard InChI is InChI=1S/C24H36N2O3S/c1-29-20-7-5-19(6-8-20)24(9-3-4-10-24)23(28)25-21-13-17-15-26(11-12-30-2)16-18(17)14-22(21)27/h5-8,17-18,21-22,27H,3-4,9-16H2,1-2H3,(H,25,28)/t17-,18+,21-,22-/m0/s1. The number of ether oxygens (including phenoxy) is 1. The summed E-state index contributed by atoms with van der Waals surface area (Å²) in [6, 6.07) is 7.85. The van der Waals surface area contributed by atoms with Crippen LogP contribution in [0.25, 0.3) is 0 Å². The van der Waals surface area contributed by atoms with Gasteiger partial charge in [0.15, 0.2) is 0 Å². The lowest BCUT2D eigenvalue weighted by atomic mass is 9.75. The largest absolute Gasteiger partial charge is 0.497 e. The number of hydrogen-bond donors (Lipinski definition) is 2. The highest BCUT2D eigenvalue weighted by molar-refractivity contribution is 7.98. The van der Waals surface area contributed by atoms with E-state index < -0.39 is 11.5 Å². The van der Waals surface area contributed by atoms with E-state index in [2.05, 4.69) is 16.5 Å². The van der Waals surface area contributed by atoms with E-state index in [1.165, 1.54) is 0 Å². The van der Waals surface area contributed by atoms with Gasteiger partial charge in [-0.05, 0) is 61.5 Å². The number of thioether (sulfide) groups is 1. The Labute approximate surface area is 184 Å². The number of rotatable bonds is 7. The lowest BCUT2D eigenvalue weighted by molar-refractivity contribution is -0.129. The van der Waals surface area contributed by atoms with Gasteiger partial charge < -0.3 is 20.1 Å². The Morgan fingerprint density at radius 3 is 2.50 bits per heavy atom. The van der Waals surface area contributed by atoms with Crippen molar-refractivity contribution in [1.29, 1.82) is 0 Å². The van der Waals surface area contributed by atoms with E-state index in [1.54, 1.807) is 7.11 Å². The molecule has 2 N–H and O–H groups in total. The molecule has 0 aromatic heterocycles. The zero-order valence-corrected chi connectivity index (χ0v) is 19.1. The molecule has 0 bridgehead atoms. The second-order valence-corrected chi connectivity index (χ2v) is 10.4. The summed E-state index contributed by atoms with van der Waals surface area (Å²) in [5, 5.41) is 14.1. The maximum Gasteiger partial charge on any atom is 0.230 e. The molecule has 1 amide bonds. The molecule has 4 rings (SSSR count). The molecule has 1 aliphatic heterocycles. The summed E-state index contributed by atoms with van der Waals surface area (Å²) >= 11 is 1.89. The average Bonchev–Trinajstić information content (AvgIpc) is 3.40. The smallest absolute Gasteiger partial charge is 0.230 e. The van der Waals surface area contributed by atoms with Gasteiger partial charge in [0.2, 0.25) is 5.91 Å². The topological polar surface area (TPSA) is 61.8 Å². The van der Waals surface area contributed by atoms with Crippen molar-refractivity contribution in [3.8, 4) is 5.75 Å². The number of carbonyl (C=O) groups excluding carboxylic acids is 1. The third-order valence-electron chi connectivity index (χ3n) is 7.68. The number of methoxy groups -OCH3 is 1. The van der Waals surface area contributed by atoms with Gasteiger partial charge >= 0.3 is 0 Å². The molecule has 1 heterocycles. The molecule has 0 radical (unpaired) electrons. The average molecular weight is 433 g/mol. The van der Waals surface area contributed by atoms with Gasteiger partial charge in [0.25, 0.3) is 0 Å². The molecule has 5 nitrogen and oxygen atoms in total. The fraction of sp³-hybridized carbons (Fsp3) is 0.708. The molecule has 2 saturated carbocycles. The number of aliphatic hydroxyl groups is 1. The third kappa shape index (κ3) is 4.37. The molecular formula is C24H36N2O3S. The Kier molecular flexibility index (Phi) is 6.95. The van der Waals surface area contributed by atoms with Crippen LogP contribution in [0, 0.1) is 11.8 Å². The predicted octanol–water partition coefficient (Wildman–Crippen LogP) is 3.06. The monoisotopic (exact) mass is 432 g/mol. The summed E-state index contributed by atoms with van der Waals surface area (Å²) < 4.78 is 5.30. The van der Waals surface area contributed by atoms with Crippen LogP contribution in [0.15, 0.2) is 24.3 Å². The second kappa shape index (κ2) is 9.49. The van der Waals surface area contributed by atoms with Gasteiger partial charge in [-0.25, -0.2) is 0 Å². The third-order valence-corrected chi connectivity index (χ3v) is 8.27. The number of carbonyl (C=O) groups is 1. The summed E-state index contributed by atoms with van der Waals surface area (Å²) in [4.78, 5) is 16.1. The molecule has 166 valence electrons. The van der Waals surface area contributed by atoms with Crippen LogP contribution in [0.1, 0.15) is 44.1 Å². The lowest BCUT2D eigenvalue weighted by Crippen LogP contribution is -2.54. The number of amides is 1. The fourth-order valence-corrected chi connectivity index (χ4v) is 6.37. The summed E-state index contributed by atoms with van der Waals surface area (Å²) in [5.41, 5.74) is 0.605. The van der Waals surface area contributed by atoms with Gasteiger partial charge in [0.1, 0.15) is 5.75 Å². The van der Waals surface area contributed by atoms with E-state index in [9.17, 15) is 9.90 Å². The van der Waals surface area contributed by atoms with Crippen LogP contribution in [0.2, 0.25) is 0 Å². The van der Waals surface area contributed by atoms with Crippen molar-refractivity contribution in [2.75, 3.05) is 38.8 Å². The molecule has 1 aromatic rings. The minimum Gasteiger partial charge on any atom is -0.497 e. The highest BCUT2D eigenvalue weighted by Crippen LogP contribution is 2.43. The van der Waals surface area contributed by atoms with Gasteiger partial charge in [-0.3, -0.25) is 4.79 Å². The van der Waals surface area contributed by atoms with Gasteiger partial charge in [-0.1, -0.05) is 25.0 Å². The first-order chi connectivity index (χ1) is 14.6. The van der Waals surface area contributed by atoms with Gasteiger partial charge in [-0.2, -0.15) is 11.8 Å². The normalized spacial score (nSPS) is 30.8. The Hall–Kier alpha value is -1.24. The zero-order valence-electron chi connectivity index (χ0n) is 18.3. The maximum absolute atomic E-state index is 13.6. The molecule has 0 unspecified atom stereocenters. The first-order valence-electron chi connectivity index (χ1n) is 11.4. The molecule has 3 fully saturated rings. The fourth-order valence-electron chi connectivity index (χ4n) is 5.93. The van der Waals surface area contributed by atoms with E-state index in [4.69, 9.17) is 4.74 Å². The Bertz CT molecular complexity index is 720. The molecule has 1 aromatic carbocycles. The molecule has 4 atom stereocenters. The molecule has 1 saturated heterocycles. The Morgan fingerprint density at radius 2 is 1.87 bits per heavy atom. The van der Waals surface area contributed by atoms with Crippen molar-refractivity contribution in [3.05, 3.63) is 29.8 Å². The van der Waals surface area contributed by atoms with Gasteiger partial charge in [0, 0.05) is 25.4 Å². The van der Waals surface area contributed by atoms with Crippen molar-refractivity contribution < 1.29 is 14.6 Å². The van der Waals surface area contributed by atoms with Crippen LogP contribution in [-0.2, 0) is 10.2 Å². The van der Waals surface area contributed by atoms with Crippen molar-refractivity contribution in [1.82, 2.24) is 10.2 Å². The molecule has 3 aliphatic rings. The van der Waals surface area contributed by atoms with Gasteiger partial charge in [-0.15, -0.1) is 0 Å². The van der Waals surface area contributed by atoms with Crippen molar-refractivity contribution in [3.63, 3.8) is 0 Å². The quantitative estimate of drug-likeness (QED) is 0.693. The number of aliphatic hydroxyl groups excluding tert-OH is 1. The maximum atomic E-state index is 13.6. The highest BCUT2D eigenvalue weighted by atomic mass is 32.2. The second-order valence-electron chi connectivity index (χ2n) is 9.41. The van der Waals surface area contributed by atoms with Crippen LogP contribution >= 0.6 is 11.8 Å². The van der Waals surface area contributed by atoms with Crippen LogP contribution in [-0.4, -0.2) is 66.8 Å². The minimum absolute atomic E-state index is 0.102. The first-order valence-corrected chi connectivity index (χ1v) is 12.8. The summed E-state index contributed by atoms with van der Waals surface area (Å²) in [7, 11) is 1.66. The van der Waals surface area contributed by atoms with Crippen molar-refractivity contribution in [2.45, 2.75) is 56.1 Å². The molecule has 6 heteroatoms. The van der Waals surface area contributed by atoms with Gasteiger partial charge in [0.05, 0.1) is 24.7 Å². The Balaban J connectivity index is 1.44. The number of hydrogen-bond acceptors (Lipinski definition) is 5. The summed E-state index contributed by atoms with van der Waals surface area (Å²) in [6.07, 6.45) is 7.31. The Morgan fingerprint density at radius 1 is 1.20 bits per heavy atom. The predicted molar refractivity (Wildman–Crippen MR) is 122 cm³/mol. The van der Waals surface area contributed by atoms with Crippen LogP contribution in [0.5, 0.6) is 5.75 Å². The van der Waals surface area contributed by atoms with E-state index >= 15 is 0 Å². The van der Waals surface area contributed by atoms with Crippen LogP contribution in [0.4, 0.5) is 0 Å². The first kappa shape index (κ1) is 22.0. The van der Waals surface area contributed by atoms with Crippen LogP contribution < -0.4 is 10.1 Å². The SMILES string of the molecule is COc1ccc(C2(C(=O)N[C@H]3C[C@H]4CN(CCSC)C[C@H]4C[C@@H]3O)CCCC2)cc1. The molecule has 2 aliphatic carbocycles. The van der Waals surface area contributed by atoms with E-state index in [0.29, 0.717) is 11.8 Å². The van der Waals surface area contributed by atoms with Crippen molar-refractivity contribution in [2.24, 2.45) is 11.8 Å². The lowest BCUT2D eigenvalue weighted by Gasteiger charge is -2.38. The number of nitrogens with zero attached hydrogens (tertiary/aromatic N) is 1. The zero-order chi connectivity index (χ0) is 21.1. The van der Waals surface area contributed by atoms with E-state index in [1.807, 2.05) is 36.0 Å². The minimum atomic E-state index is -0.469. The van der Waals surface area contributed by atoms with E-state index in [-0.39, 0.29) is 11.9 Å². The number of benzene rings is 1. The number of likely N-dealkylation sites (tertiary alicyclic amines) is 1. The summed E-state index contributed by atoms with van der Waals surface area (Å²) in [6.45, 7) is 3.33. The van der Waals surface area contributed by atoms with E-state index in [0.717, 1.165) is 75.2 Å². The molecular weight excluding hydrogens is 396 g/mol. The summed E-state index contributed by atoms with van der Waals surface area (Å²) in [5.74, 6) is 3.23. The number of fused-ring (bicyclic) bond motifs is 1.